The van der Waals surface area contributed by atoms with E-state index in [2.05, 4.69) is 21.1 Å². The number of nitrogens with zero attached hydrogens (tertiary/aromatic N) is 3. The molecule has 1 unspecified atom stereocenters. The van der Waals surface area contributed by atoms with Crippen molar-refractivity contribution in [2.24, 2.45) is 5.10 Å². The monoisotopic (exact) mass is 710 g/mol. The molecule has 0 bridgehead atoms. The van der Waals surface area contributed by atoms with Crippen molar-refractivity contribution in [3.05, 3.63) is 172 Å². The third-order valence-electron chi connectivity index (χ3n) is 7.71. The first-order valence-electron chi connectivity index (χ1n) is 16.0. The lowest BCUT2D eigenvalue weighted by Gasteiger charge is -2.17. The Hall–Kier alpha value is -6.86. The summed E-state index contributed by atoms with van der Waals surface area (Å²) in [5, 5.41) is 24.7. The van der Waals surface area contributed by atoms with Crippen LogP contribution in [0.15, 0.2) is 155 Å². The summed E-state index contributed by atoms with van der Waals surface area (Å²) in [4.78, 5) is 64.7. The highest BCUT2D eigenvalue weighted by atomic mass is 32.2. The number of hydrogen-bond donors (Lipinski definition) is 3. The van der Waals surface area contributed by atoms with Gasteiger partial charge in [-0.2, -0.15) is 10.1 Å². The first-order chi connectivity index (χ1) is 25.2. The van der Waals surface area contributed by atoms with E-state index in [1.54, 1.807) is 84.9 Å². The summed E-state index contributed by atoms with van der Waals surface area (Å²) >= 11 is 1.27. The highest BCUT2D eigenvalue weighted by Gasteiger charge is 2.29. The molecule has 1 aliphatic rings. The molecule has 5 aromatic carbocycles. The van der Waals surface area contributed by atoms with Crippen LogP contribution >= 0.6 is 11.8 Å². The fourth-order valence-electron chi connectivity index (χ4n) is 5.20. The molecule has 1 aliphatic heterocycles. The third-order valence-corrected chi connectivity index (χ3v) is 8.98. The van der Waals surface area contributed by atoms with Crippen LogP contribution in [-0.2, 0) is 14.4 Å². The maximum atomic E-state index is 13.7. The smallest absolute Gasteiger partial charge is 0.276 e. The molecule has 4 amide bonds. The summed E-state index contributed by atoms with van der Waals surface area (Å²) in [6.07, 6.45) is 1.20. The Morgan fingerprint density at radius 3 is 2.08 bits per heavy atom. The van der Waals surface area contributed by atoms with Crippen LogP contribution in [-0.4, -0.2) is 34.4 Å². The first kappa shape index (κ1) is 35.0. The van der Waals surface area contributed by atoms with Crippen LogP contribution in [0.1, 0.15) is 33.2 Å². The maximum absolute atomic E-state index is 13.7. The molecule has 0 aliphatic carbocycles. The number of hydrogen-bond acceptors (Lipinski definition) is 8. The number of anilines is 2. The lowest BCUT2D eigenvalue weighted by Crippen LogP contribution is -2.33. The molecule has 52 heavy (non-hydrogen) atoms. The average Bonchev–Trinajstić information content (AvgIpc) is 3.54. The van der Waals surface area contributed by atoms with E-state index in [0.717, 1.165) is 5.56 Å². The van der Waals surface area contributed by atoms with Gasteiger partial charge < -0.3 is 16.0 Å². The van der Waals surface area contributed by atoms with E-state index >= 15 is 0 Å². The van der Waals surface area contributed by atoms with E-state index in [0.29, 0.717) is 21.8 Å². The Morgan fingerprint density at radius 2 is 1.40 bits per heavy atom. The fourth-order valence-corrected chi connectivity index (χ4v) is 6.23. The molecule has 3 N–H and O–H groups in total. The number of nitro groups is 1. The minimum atomic E-state index is -0.713. The quantitative estimate of drug-likeness (QED) is 0.0594. The molecule has 1 heterocycles. The first-order valence-corrected chi connectivity index (χ1v) is 16.8. The van der Waals surface area contributed by atoms with E-state index in [9.17, 15) is 29.3 Å². The summed E-state index contributed by atoms with van der Waals surface area (Å²) in [5.41, 5.74) is 1.68. The Bertz CT molecular complexity index is 2180. The molecule has 12 nitrogen and oxygen atoms in total. The van der Waals surface area contributed by atoms with Gasteiger partial charge in [0, 0.05) is 22.2 Å². The van der Waals surface area contributed by atoms with Crippen molar-refractivity contribution in [2.45, 2.75) is 16.6 Å². The van der Waals surface area contributed by atoms with Crippen LogP contribution in [0.25, 0.3) is 6.08 Å². The van der Waals surface area contributed by atoms with E-state index < -0.39 is 22.0 Å². The van der Waals surface area contributed by atoms with Crippen LogP contribution in [0.2, 0.25) is 0 Å². The summed E-state index contributed by atoms with van der Waals surface area (Å²) in [6.45, 7) is 0. The second-order valence-corrected chi connectivity index (χ2v) is 12.5. The molecule has 1 atom stereocenters. The number of carbonyl (C=O) groups is 4. The summed E-state index contributed by atoms with van der Waals surface area (Å²) < 4.78 is 0. The van der Waals surface area contributed by atoms with Gasteiger partial charge in [-0.3, -0.25) is 29.3 Å². The number of carbonyl (C=O) groups excluding carboxylic acids is 4. The minimum Gasteiger partial charge on any atom is -0.321 e. The van der Waals surface area contributed by atoms with E-state index in [-0.39, 0.29) is 41.0 Å². The molecule has 0 saturated heterocycles. The molecular formula is C39H30N6O6S. The predicted molar refractivity (Wildman–Crippen MR) is 199 cm³/mol. The zero-order chi connectivity index (χ0) is 36.5. The molecule has 258 valence electrons. The van der Waals surface area contributed by atoms with Crippen molar-refractivity contribution in [1.29, 1.82) is 0 Å². The van der Waals surface area contributed by atoms with Gasteiger partial charge in [-0.15, -0.1) is 11.8 Å². The second kappa shape index (κ2) is 16.2. The molecule has 5 aromatic rings. The molecular weight excluding hydrogens is 681 g/mol. The number of amidine groups is 1. The van der Waals surface area contributed by atoms with Crippen LogP contribution in [0, 0.1) is 10.1 Å². The lowest BCUT2D eigenvalue weighted by molar-refractivity contribution is -0.385. The van der Waals surface area contributed by atoms with Crippen molar-refractivity contribution in [2.75, 3.05) is 10.3 Å². The lowest BCUT2D eigenvalue weighted by atomic mass is 10.1. The Balaban J connectivity index is 1.19. The van der Waals surface area contributed by atoms with Crippen molar-refractivity contribution in [3.63, 3.8) is 0 Å². The fraction of sp³-hybridized carbons (Fsp3) is 0.0513. The van der Waals surface area contributed by atoms with E-state index in [1.165, 1.54) is 41.0 Å². The van der Waals surface area contributed by atoms with Crippen molar-refractivity contribution in [1.82, 2.24) is 10.6 Å². The molecule has 0 spiro atoms. The number of rotatable bonds is 11. The summed E-state index contributed by atoms with van der Waals surface area (Å²) in [7, 11) is 0. The topological polar surface area (TPSA) is 163 Å². The average molecular weight is 711 g/mol. The van der Waals surface area contributed by atoms with Crippen molar-refractivity contribution >= 4 is 64.4 Å². The normalized spacial score (nSPS) is 13.2. The zero-order valence-corrected chi connectivity index (χ0v) is 28.2. The number of nitro benzene ring substituents is 1. The van der Waals surface area contributed by atoms with Gasteiger partial charge in [-0.25, -0.2) is 0 Å². The number of amides is 4. The van der Waals surface area contributed by atoms with Gasteiger partial charge in [-0.05, 0) is 66.2 Å². The van der Waals surface area contributed by atoms with Gasteiger partial charge in [0.2, 0.25) is 5.91 Å². The maximum Gasteiger partial charge on any atom is 0.276 e. The van der Waals surface area contributed by atoms with Gasteiger partial charge in [-0.1, -0.05) is 78.9 Å². The summed E-state index contributed by atoms with van der Waals surface area (Å²) in [6, 6.07) is 39.0. The van der Waals surface area contributed by atoms with Gasteiger partial charge in [0.05, 0.1) is 22.6 Å². The van der Waals surface area contributed by atoms with Crippen LogP contribution in [0.5, 0.6) is 0 Å². The standard InChI is InChI=1S/C39H30N6O6S/c46-35-25-34(43-44(35)30-17-8-3-9-18-30)42-39(49)36(26-12-4-1-5-13-26)52-31-22-20-29(21-23-31)40-38(48)32(41-37(47)27-14-6-2-7-15-27)24-28-16-10-11-19-33(28)45(50)51/h1-24,36H,25H2,(H,40,48)(H,41,47)(H,42,43,49)/b32-24-. The van der Waals surface area contributed by atoms with Gasteiger partial charge >= 0.3 is 0 Å². The molecule has 13 heteroatoms. The van der Waals surface area contributed by atoms with Crippen molar-refractivity contribution in [3.8, 4) is 0 Å². The Morgan fingerprint density at radius 1 is 0.788 bits per heavy atom. The van der Waals surface area contributed by atoms with Gasteiger partial charge in [0.15, 0.2) is 0 Å². The number of hydrazone groups is 1. The number of benzene rings is 5. The largest absolute Gasteiger partial charge is 0.321 e. The van der Waals surface area contributed by atoms with E-state index in [4.69, 9.17) is 0 Å². The van der Waals surface area contributed by atoms with Crippen LogP contribution in [0.4, 0.5) is 17.1 Å². The van der Waals surface area contributed by atoms with Gasteiger partial charge in [0.25, 0.3) is 23.4 Å². The zero-order valence-electron chi connectivity index (χ0n) is 27.3. The predicted octanol–water partition coefficient (Wildman–Crippen LogP) is 6.70. The number of nitrogens with one attached hydrogen (secondary N) is 3. The molecule has 0 saturated carbocycles. The molecule has 0 fully saturated rings. The van der Waals surface area contributed by atoms with Crippen LogP contribution < -0.4 is 21.0 Å². The van der Waals surface area contributed by atoms with E-state index in [1.807, 2.05) is 36.4 Å². The Labute approximate surface area is 302 Å². The van der Waals surface area contributed by atoms with Crippen molar-refractivity contribution < 1.29 is 24.1 Å². The molecule has 6 rings (SSSR count). The second-order valence-electron chi connectivity index (χ2n) is 11.3. The molecule has 0 aromatic heterocycles. The molecule has 0 radical (unpaired) electrons. The highest BCUT2D eigenvalue weighted by Crippen LogP contribution is 2.36. The SMILES string of the molecule is O=C(Nc1ccc(SC(C(=O)NC2=NN(c3ccccc3)C(=O)C2)c2ccccc2)cc1)/C(=C/c1ccccc1[N+](=O)[O-])NC(=O)c1ccccc1. The highest BCUT2D eigenvalue weighted by molar-refractivity contribution is 8.00. The van der Waals surface area contributed by atoms with Crippen LogP contribution in [0.3, 0.4) is 0 Å². The minimum absolute atomic E-state index is 0.0545. The number of thioether (sulfide) groups is 1. The van der Waals surface area contributed by atoms with Gasteiger partial charge in [0.1, 0.15) is 16.8 Å². The third kappa shape index (κ3) is 8.64. The summed E-state index contributed by atoms with van der Waals surface area (Å²) in [5.74, 6) is -1.67. The number of para-hydroxylation sites is 2. The Kier molecular flexibility index (Phi) is 10.9.